The van der Waals surface area contributed by atoms with Crippen LogP contribution < -0.4 is 5.73 Å². The van der Waals surface area contributed by atoms with E-state index in [1.807, 2.05) is 0 Å². The molecule has 0 bridgehead atoms. The largest absolute Gasteiger partial charge is 0.329 e. The summed E-state index contributed by atoms with van der Waals surface area (Å²) >= 11 is 3.49. The van der Waals surface area contributed by atoms with E-state index in [1.165, 1.54) is 5.56 Å². The highest BCUT2D eigenvalue weighted by Crippen LogP contribution is 2.25. The minimum atomic E-state index is 0.266. The molecule has 1 aliphatic heterocycles. The molecule has 1 atom stereocenters. The number of hydrogen-bond acceptors (Lipinski definition) is 3. The molecular weight excluding hydrogens is 314 g/mol. The van der Waals surface area contributed by atoms with Crippen molar-refractivity contribution < 1.29 is 0 Å². The maximum absolute atomic E-state index is 6.03. The normalized spacial score (nSPS) is 20.1. The Hall–Kier alpha value is -0.420. The lowest BCUT2D eigenvalue weighted by molar-refractivity contribution is 0.0433. The number of benzene rings is 1. The van der Waals surface area contributed by atoms with Gasteiger partial charge in [0.1, 0.15) is 0 Å². The van der Waals surface area contributed by atoms with Crippen LogP contribution in [0.3, 0.4) is 0 Å². The average Bonchev–Trinajstić information content (AvgIpc) is 2.41. The zero-order valence-corrected chi connectivity index (χ0v) is 14.4. The van der Waals surface area contributed by atoms with Crippen LogP contribution in [0.1, 0.15) is 32.4 Å². The van der Waals surface area contributed by atoms with Gasteiger partial charge < -0.3 is 5.73 Å². The van der Waals surface area contributed by atoms with Crippen molar-refractivity contribution in [1.29, 1.82) is 0 Å². The molecule has 3 nitrogen and oxygen atoms in total. The molecule has 2 rings (SSSR count). The fourth-order valence-corrected chi connectivity index (χ4v) is 3.15. The second kappa shape index (κ2) is 6.56. The first-order valence-corrected chi connectivity index (χ1v) is 8.16. The van der Waals surface area contributed by atoms with Crippen LogP contribution >= 0.6 is 15.9 Å². The van der Waals surface area contributed by atoms with E-state index in [2.05, 4.69) is 70.8 Å². The average molecular weight is 340 g/mol. The molecule has 1 aromatic rings. The highest BCUT2D eigenvalue weighted by molar-refractivity contribution is 9.10. The van der Waals surface area contributed by atoms with E-state index in [-0.39, 0.29) is 5.54 Å². The van der Waals surface area contributed by atoms with Crippen LogP contribution in [0.25, 0.3) is 0 Å². The molecule has 2 N–H and O–H groups in total. The van der Waals surface area contributed by atoms with Crippen LogP contribution in [0.2, 0.25) is 0 Å². The molecule has 0 aliphatic carbocycles. The summed E-state index contributed by atoms with van der Waals surface area (Å²) in [6.45, 7) is 12.0. The van der Waals surface area contributed by atoms with E-state index in [1.54, 1.807) is 0 Å². The molecule has 1 aromatic carbocycles. The Kier molecular flexibility index (Phi) is 5.24. The van der Waals surface area contributed by atoms with Gasteiger partial charge in [-0.2, -0.15) is 0 Å². The third-order valence-electron chi connectivity index (χ3n) is 4.18. The summed E-state index contributed by atoms with van der Waals surface area (Å²) in [7, 11) is 0. The quantitative estimate of drug-likeness (QED) is 0.918. The molecule has 1 fully saturated rings. The molecule has 1 saturated heterocycles. The molecule has 0 radical (unpaired) electrons. The highest BCUT2D eigenvalue weighted by atomic mass is 79.9. The summed E-state index contributed by atoms with van der Waals surface area (Å²) in [4.78, 5) is 5.07. The van der Waals surface area contributed by atoms with Crippen molar-refractivity contribution in [3.8, 4) is 0 Å². The molecule has 1 unspecified atom stereocenters. The zero-order valence-electron chi connectivity index (χ0n) is 12.8. The summed E-state index contributed by atoms with van der Waals surface area (Å²) in [5.41, 5.74) is 7.61. The molecule has 20 heavy (non-hydrogen) atoms. The van der Waals surface area contributed by atoms with E-state index in [0.29, 0.717) is 12.6 Å². The topological polar surface area (TPSA) is 32.5 Å². The van der Waals surface area contributed by atoms with Crippen molar-refractivity contribution >= 4 is 15.9 Å². The van der Waals surface area contributed by atoms with Crippen molar-refractivity contribution in [2.24, 2.45) is 5.73 Å². The van der Waals surface area contributed by atoms with E-state index in [0.717, 1.165) is 30.7 Å². The van der Waals surface area contributed by atoms with Gasteiger partial charge >= 0.3 is 0 Å². The van der Waals surface area contributed by atoms with Crippen LogP contribution in [-0.4, -0.2) is 48.1 Å². The molecule has 1 aliphatic rings. The molecule has 112 valence electrons. The maximum Gasteiger partial charge on any atom is 0.0471 e. The predicted octanol–water partition coefficient (Wildman–Crippen LogP) is 2.87. The number of halogens is 1. The fourth-order valence-electron chi connectivity index (χ4n) is 2.89. The SMILES string of the molecule is CC(C)(C)N1CCN(C(CN)c2ccc(Br)cc2)CC1. The first-order valence-electron chi connectivity index (χ1n) is 7.36. The number of hydrogen-bond donors (Lipinski definition) is 1. The van der Waals surface area contributed by atoms with Crippen LogP contribution in [-0.2, 0) is 0 Å². The van der Waals surface area contributed by atoms with Gasteiger partial charge in [-0.05, 0) is 38.5 Å². The highest BCUT2D eigenvalue weighted by Gasteiger charge is 2.29. The number of rotatable bonds is 3. The summed E-state index contributed by atoms with van der Waals surface area (Å²) in [5.74, 6) is 0. The Morgan fingerprint density at radius 3 is 2.10 bits per heavy atom. The van der Waals surface area contributed by atoms with E-state index in [4.69, 9.17) is 5.73 Å². The van der Waals surface area contributed by atoms with Gasteiger partial charge in [0.05, 0.1) is 0 Å². The van der Waals surface area contributed by atoms with Gasteiger partial charge in [0.25, 0.3) is 0 Å². The maximum atomic E-state index is 6.03. The number of nitrogens with zero attached hydrogens (tertiary/aromatic N) is 2. The van der Waals surface area contributed by atoms with Crippen molar-refractivity contribution in [3.05, 3.63) is 34.3 Å². The van der Waals surface area contributed by atoms with Crippen molar-refractivity contribution in [1.82, 2.24) is 9.80 Å². The second-order valence-electron chi connectivity index (χ2n) is 6.50. The minimum absolute atomic E-state index is 0.266. The van der Waals surface area contributed by atoms with Gasteiger partial charge in [0, 0.05) is 48.8 Å². The van der Waals surface area contributed by atoms with Gasteiger partial charge in [-0.25, -0.2) is 0 Å². The molecule has 0 spiro atoms. The third-order valence-corrected chi connectivity index (χ3v) is 4.71. The monoisotopic (exact) mass is 339 g/mol. The predicted molar refractivity (Wildman–Crippen MR) is 88.8 cm³/mol. The van der Waals surface area contributed by atoms with Gasteiger partial charge in [-0.15, -0.1) is 0 Å². The summed E-state index contributed by atoms with van der Waals surface area (Å²) in [6.07, 6.45) is 0. The molecule has 0 amide bonds. The zero-order chi connectivity index (χ0) is 14.8. The standard InChI is InChI=1S/C16H26BrN3/c1-16(2,3)20-10-8-19(9-11-20)15(12-18)13-4-6-14(17)7-5-13/h4-7,15H,8-12,18H2,1-3H3. The molecule has 0 aromatic heterocycles. The van der Waals surface area contributed by atoms with Gasteiger partial charge in [0.15, 0.2) is 0 Å². The Balaban J connectivity index is 2.02. The van der Waals surface area contributed by atoms with Gasteiger partial charge in [-0.1, -0.05) is 28.1 Å². The van der Waals surface area contributed by atoms with Crippen LogP contribution in [0.4, 0.5) is 0 Å². The molecule has 4 heteroatoms. The van der Waals surface area contributed by atoms with Gasteiger partial charge in [-0.3, -0.25) is 9.80 Å². The molecule has 0 saturated carbocycles. The van der Waals surface area contributed by atoms with Crippen LogP contribution in [0.15, 0.2) is 28.7 Å². The summed E-state index contributed by atoms with van der Waals surface area (Å²) < 4.78 is 1.12. The minimum Gasteiger partial charge on any atom is -0.329 e. The van der Waals surface area contributed by atoms with Gasteiger partial charge in [0.2, 0.25) is 0 Å². The first kappa shape index (κ1) is 16.0. The lowest BCUT2D eigenvalue weighted by Crippen LogP contribution is -2.54. The van der Waals surface area contributed by atoms with Crippen molar-refractivity contribution in [2.45, 2.75) is 32.4 Å². The summed E-state index contributed by atoms with van der Waals surface area (Å²) in [6, 6.07) is 8.90. The first-order chi connectivity index (χ1) is 9.41. The van der Waals surface area contributed by atoms with Crippen molar-refractivity contribution in [2.75, 3.05) is 32.7 Å². The molecule has 1 heterocycles. The van der Waals surface area contributed by atoms with Crippen molar-refractivity contribution in [3.63, 3.8) is 0 Å². The lowest BCUT2D eigenvalue weighted by Gasteiger charge is -2.44. The van der Waals surface area contributed by atoms with E-state index >= 15 is 0 Å². The number of nitrogens with two attached hydrogens (primary N) is 1. The van der Waals surface area contributed by atoms with Crippen LogP contribution in [0.5, 0.6) is 0 Å². The Bertz CT molecular complexity index is 416. The third kappa shape index (κ3) is 3.82. The number of piperazine rings is 1. The Morgan fingerprint density at radius 1 is 1.10 bits per heavy atom. The van der Waals surface area contributed by atoms with E-state index in [9.17, 15) is 0 Å². The Labute approximate surface area is 131 Å². The fraction of sp³-hybridized carbons (Fsp3) is 0.625. The van der Waals surface area contributed by atoms with E-state index < -0.39 is 0 Å². The second-order valence-corrected chi connectivity index (χ2v) is 7.41. The smallest absolute Gasteiger partial charge is 0.0471 e. The Morgan fingerprint density at radius 2 is 1.65 bits per heavy atom. The summed E-state index contributed by atoms with van der Waals surface area (Å²) in [5, 5.41) is 0. The molecular formula is C16H26BrN3. The lowest BCUT2D eigenvalue weighted by atomic mass is 10.0. The van der Waals surface area contributed by atoms with Crippen LogP contribution in [0, 0.1) is 0 Å².